The van der Waals surface area contributed by atoms with E-state index in [0.29, 0.717) is 30.2 Å². The molecule has 6 nitrogen and oxygen atoms in total. The molecule has 2 aromatic carbocycles. The minimum absolute atomic E-state index is 0.321. The molecule has 4 aromatic rings. The summed E-state index contributed by atoms with van der Waals surface area (Å²) in [6.07, 6.45) is 0.671. The maximum Gasteiger partial charge on any atom is 0.242 e. The number of rotatable bonds is 8. The largest absolute Gasteiger partial charge is 0.359 e. The van der Waals surface area contributed by atoms with Crippen molar-refractivity contribution in [1.29, 1.82) is 0 Å². The molecule has 0 saturated carbocycles. The number of nitrogens with zero attached hydrogens (tertiary/aromatic N) is 4. The van der Waals surface area contributed by atoms with Crippen molar-refractivity contribution in [1.82, 2.24) is 14.3 Å². The smallest absolute Gasteiger partial charge is 0.242 e. The first-order chi connectivity index (χ1) is 15.4. The van der Waals surface area contributed by atoms with Gasteiger partial charge in [-0.3, -0.25) is 0 Å². The first-order valence-corrected chi connectivity index (χ1v) is 12.7. The van der Waals surface area contributed by atoms with Crippen LogP contribution in [-0.4, -0.2) is 49.9 Å². The van der Waals surface area contributed by atoms with Crippen LogP contribution in [0.5, 0.6) is 0 Å². The van der Waals surface area contributed by atoms with Crippen molar-refractivity contribution in [3.8, 4) is 10.7 Å². The van der Waals surface area contributed by atoms with Crippen LogP contribution in [0.3, 0.4) is 0 Å². The Balaban J connectivity index is 1.49. The van der Waals surface area contributed by atoms with E-state index in [1.807, 2.05) is 67.9 Å². The molecule has 0 N–H and O–H groups in total. The second kappa shape index (κ2) is 9.36. The zero-order valence-electron chi connectivity index (χ0n) is 18.4. The van der Waals surface area contributed by atoms with Gasteiger partial charge in [0, 0.05) is 32.6 Å². The van der Waals surface area contributed by atoms with Gasteiger partial charge in [0.25, 0.3) is 0 Å². The zero-order valence-corrected chi connectivity index (χ0v) is 20.0. The Labute approximate surface area is 193 Å². The van der Waals surface area contributed by atoms with Crippen LogP contribution < -0.4 is 4.90 Å². The number of hydrogen-bond donors (Lipinski definition) is 0. The fourth-order valence-electron chi connectivity index (χ4n) is 3.51. The lowest BCUT2D eigenvalue weighted by atomic mass is 10.2. The third kappa shape index (κ3) is 4.67. The number of benzene rings is 2. The summed E-state index contributed by atoms with van der Waals surface area (Å²) in [5, 5.41) is 3.00. The maximum atomic E-state index is 12.8. The van der Waals surface area contributed by atoms with E-state index in [-0.39, 0.29) is 0 Å². The standard InChI is InChI=1S/C24H26N4O2S2/c1-18-11-13-19(14-12-18)32(29,30)28(3)16-7-15-27(2)24-20-8-4-5-9-21(20)25-23(26-24)22-10-6-17-31-22/h4-6,8-14,17H,7,15-16H2,1-3H3. The van der Waals surface area contributed by atoms with Gasteiger partial charge in [0.1, 0.15) is 5.82 Å². The summed E-state index contributed by atoms with van der Waals surface area (Å²) < 4.78 is 27.1. The minimum Gasteiger partial charge on any atom is -0.359 e. The topological polar surface area (TPSA) is 66.4 Å². The Hall–Kier alpha value is -2.81. The SMILES string of the molecule is Cc1ccc(S(=O)(=O)N(C)CCCN(C)c2nc(-c3cccs3)nc3ccccc23)cc1. The number of anilines is 1. The van der Waals surface area contributed by atoms with Crippen LogP contribution >= 0.6 is 11.3 Å². The summed E-state index contributed by atoms with van der Waals surface area (Å²) in [6.45, 7) is 3.02. The zero-order chi connectivity index (χ0) is 22.7. The second-order valence-electron chi connectivity index (χ2n) is 7.78. The van der Waals surface area contributed by atoms with Crippen molar-refractivity contribution in [3.05, 3.63) is 71.6 Å². The Morgan fingerprint density at radius 2 is 1.66 bits per heavy atom. The van der Waals surface area contributed by atoms with E-state index in [9.17, 15) is 8.42 Å². The van der Waals surface area contributed by atoms with Crippen LogP contribution in [0.4, 0.5) is 5.82 Å². The highest BCUT2D eigenvalue weighted by atomic mass is 32.2. The molecule has 0 atom stereocenters. The van der Waals surface area contributed by atoms with Gasteiger partial charge in [-0.2, -0.15) is 0 Å². The predicted molar refractivity (Wildman–Crippen MR) is 132 cm³/mol. The van der Waals surface area contributed by atoms with Crippen molar-refractivity contribution in [3.63, 3.8) is 0 Å². The lowest BCUT2D eigenvalue weighted by Gasteiger charge is -2.22. The highest BCUT2D eigenvalue weighted by molar-refractivity contribution is 7.89. The highest BCUT2D eigenvalue weighted by Gasteiger charge is 2.20. The number of aryl methyl sites for hydroxylation is 1. The van der Waals surface area contributed by atoms with Gasteiger partial charge in [-0.15, -0.1) is 11.3 Å². The monoisotopic (exact) mass is 466 g/mol. The lowest BCUT2D eigenvalue weighted by molar-refractivity contribution is 0.462. The normalized spacial score (nSPS) is 11.9. The van der Waals surface area contributed by atoms with E-state index in [1.165, 1.54) is 4.31 Å². The molecule has 4 rings (SSSR count). The van der Waals surface area contributed by atoms with Crippen molar-refractivity contribution in [2.45, 2.75) is 18.2 Å². The van der Waals surface area contributed by atoms with Crippen LogP contribution in [0, 0.1) is 6.92 Å². The Morgan fingerprint density at radius 1 is 0.906 bits per heavy atom. The summed E-state index contributed by atoms with van der Waals surface area (Å²) in [5.74, 6) is 1.56. The Bertz CT molecular complexity index is 1300. The van der Waals surface area contributed by atoms with Gasteiger partial charge in [0.2, 0.25) is 10.0 Å². The van der Waals surface area contributed by atoms with Gasteiger partial charge < -0.3 is 4.90 Å². The van der Waals surface area contributed by atoms with Crippen molar-refractivity contribution in [2.75, 3.05) is 32.1 Å². The van der Waals surface area contributed by atoms with Crippen molar-refractivity contribution < 1.29 is 8.42 Å². The molecule has 0 amide bonds. The molecule has 0 radical (unpaired) electrons. The molecule has 0 spiro atoms. The van der Waals surface area contributed by atoms with Gasteiger partial charge in [-0.1, -0.05) is 35.9 Å². The molecule has 2 heterocycles. The molecule has 0 bridgehead atoms. The molecular weight excluding hydrogens is 440 g/mol. The van der Waals surface area contributed by atoms with Gasteiger partial charge in [-0.05, 0) is 49.1 Å². The highest BCUT2D eigenvalue weighted by Crippen LogP contribution is 2.29. The van der Waals surface area contributed by atoms with Crippen LogP contribution in [0.1, 0.15) is 12.0 Å². The molecular formula is C24H26N4O2S2. The number of hydrogen-bond acceptors (Lipinski definition) is 6. The Kier molecular flexibility index (Phi) is 6.55. The summed E-state index contributed by atoms with van der Waals surface area (Å²) in [7, 11) is 0.118. The van der Waals surface area contributed by atoms with Crippen LogP contribution in [0.15, 0.2) is 70.9 Å². The fraction of sp³-hybridized carbons (Fsp3) is 0.250. The molecule has 0 aliphatic rings. The molecule has 0 aliphatic carbocycles. The van der Waals surface area contributed by atoms with E-state index < -0.39 is 10.0 Å². The second-order valence-corrected chi connectivity index (χ2v) is 10.8. The molecule has 0 unspecified atom stereocenters. The van der Waals surface area contributed by atoms with E-state index >= 15 is 0 Å². The molecule has 2 aromatic heterocycles. The fourth-order valence-corrected chi connectivity index (χ4v) is 5.38. The quantitative estimate of drug-likeness (QED) is 0.373. The van der Waals surface area contributed by atoms with Gasteiger partial charge >= 0.3 is 0 Å². The molecule has 8 heteroatoms. The van der Waals surface area contributed by atoms with Gasteiger partial charge in [0.15, 0.2) is 5.82 Å². The number of thiophene rings is 1. The maximum absolute atomic E-state index is 12.8. The van der Waals surface area contributed by atoms with E-state index in [0.717, 1.165) is 27.2 Å². The predicted octanol–water partition coefficient (Wildman–Crippen LogP) is 4.81. The molecule has 32 heavy (non-hydrogen) atoms. The summed E-state index contributed by atoms with van der Waals surface area (Å²) >= 11 is 1.61. The van der Waals surface area contributed by atoms with Crippen molar-refractivity contribution in [2.24, 2.45) is 0 Å². The molecule has 166 valence electrons. The van der Waals surface area contributed by atoms with E-state index in [2.05, 4.69) is 4.90 Å². The minimum atomic E-state index is -3.50. The van der Waals surface area contributed by atoms with Crippen LogP contribution in [-0.2, 0) is 10.0 Å². The number of fused-ring (bicyclic) bond motifs is 1. The van der Waals surface area contributed by atoms with Crippen molar-refractivity contribution >= 4 is 38.1 Å². The third-order valence-electron chi connectivity index (χ3n) is 5.38. The summed E-state index contributed by atoms with van der Waals surface area (Å²) in [4.78, 5) is 13.0. The lowest BCUT2D eigenvalue weighted by Crippen LogP contribution is -2.30. The van der Waals surface area contributed by atoms with Crippen LogP contribution in [0.25, 0.3) is 21.6 Å². The molecule has 0 saturated heterocycles. The van der Waals surface area contributed by atoms with Gasteiger partial charge in [0.05, 0.1) is 15.3 Å². The van der Waals surface area contributed by atoms with E-state index in [4.69, 9.17) is 9.97 Å². The average Bonchev–Trinajstić information content (AvgIpc) is 3.33. The number of sulfonamides is 1. The number of aromatic nitrogens is 2. The first kappa shape index (κ1) is 22.4. The molecule has 0 aliphatic heterocycles. The van der Waals surface area contributed by atoms with Crippen LogP contribution in [0.2, 0.25) is 0 Å². The van der Waals surface area contributed by atoms with E-state index in [1.54, 1.807) is 30.5 Å². The summed E-state index contributed by atoms with van der Waals surface area (Å²) in [5.41, 5.74) is 1.93. The molecule has 0 fully saturated rings. The first-order valence-electron chi connectivity index (χ1n) is 10.4. The summed E-state index contributed by atoms with van der Waals surface area (Å²) in [6, 6.07) is 18.9. The number of para-hydroxylation sites is 1. The third-order valence-corrected chi connectivity index (χ3v) is 8.12. The Morgan fingerprint density at radius 3 is 2.38 bits per heavy atom. The average molecular weight is 467 g/mol. The van der Waals surface area contributed by atoms with Gasteiger partial charge in [-0.25, -0.2) is 22.7 Å².